The molecule has 0 saturated carbocycles. The molecule has 9 saturated heterocycles. The SMILES string of the molecule is CC(C)C1CCC(=O)N1.CC(C)C1CCCCN1.CC(C)C1CCCN1.CC(C)C1CCCNC1=O.CC(C)C1CCCO1.CC(C)C1CCc2ccccc2N1.CC(C)C1CCc2ncccc2C1.CC(C)C1COCCN1.CC(C)C1COCN1.CC(C)C1CSCN1.CC(C)C1Cc2ccccc2N1.CC(C)N1CCCC1. The second-order valence-corrected chi connectivity index (χ2v) is 39.6. The lowest BCUT2D eigenvalue weighted by atomic mass is 9.80. The van der Waals surface area contributed by atoms with E-state index in [4.69, 9.17) is 14.2 Å². The Morgan fingerprint density at radius 3 is 1.36 bits per heavy atom. The van der Waals surface area contributed by atoms with Gasteiger partial charge in [-0.3, -0.25) is 19.9 Å². The van der Waals surface area contributed by atoms with Crippen LogP contribution in [0, 0.1) is 76.9 Å². The Morgan fingerprint density at radius 2 is 0.948 bits per heavy atom. The Balaban J connectivity index is 0.000000265. The van der Waals surface area contributed by atoms with Crippen molar-refractivity contribution in [2.24, 2.45) is 76.9 Å². The second-order valence-electron chi connectivity index (χ2n) is 38.5. The Bertz CT molecular complexity index is 2700. The summed E-state index contributed by atoms with van der Waals surface area (Å²) in [6.45, 7) is 65.1. The number of hydrogen-bond donors (Lipinski definition) is 9. The van der Waals surface area contributed by atoms with Crippen LogP contribution >= 0.6 is 11.8 Å². The third kappa shape index (κ3) is 42.5. The number of anilines is 2. The van der Waals surface area contributed by atoms with E-state index in [0.29, 0.717) is 60.0 Å². The summed E-state index contributed by atoms with van der Waals surface area (Å²) in [5, 5.41) is 29.9. The highest BCUT2D eigenvalue weighted by Gasteiger charge is 2.28. The van der Waals surface area contributed by atoms with Gasteiger partial charge in [-0.1, -0.05) is 201 Å². The summed E-state index contributed by atoms with van der Waals surface area (Å²) >= 11 is 2.00. The van der Waals surface area contributed by atoms with E-state index in [2.05, 4.69) is 285 Å². The van der Waals surface area contributed by atoms with Crippen molar-refractivity contribution in [3.63, 3.8) is 0 Å². The van der Waals surface area contributed by atoms with Gasteiger partial charge in [0.15, 0.2) is 0 Å². The zero-order valence-corrected chi connectivity index (χ0v) is 78.9. The van der Waals surface area contributed by atoms with E-state index in [1.54, 1.807) is 0 Å². The highest BCUT2D eigenvalue weighted by Crippen LogP contribution is 2.31. The lowest BCUT2D eigenvalue weighted by Gasteiger charge is -2.29. The number of likely N-dealkylation sites (tertiary alicyclic amines) is 1. The molecule has 12 heterocycles. The predicted octanol–water partition coefficient (Wildman–Crippen LogP) is 19.7. The molecule has 0 spiro atoms. The fraction of sp³-hybridized carbons (Fsp3) is 0.806. The van der Waals surface area contributed by atoms with Crippen molar-refractivity contribution in [3.8, 4) is 0 Å². The molecule has 11 atom stereocenters. The van der Waals surface area contributed by atoms with Gasteiger partial charge in [-0.25, -0.2) is 0 Å². The first kappa shape index (κ1) is 103. The Labute approximate surface area is 711 Å². The van der Waals surface area contributed by atoms with E-state index in [1.165, 1.54) is 162 Å². The van der Waals surface area contributed by atoms with E-state index in [-0.39, 0.29) is 17.7 Å². The molecule has 16 nitrogen and oxygen atoms in total. The minimum absolute atomic E-state index is 0.216. The van der Waals surface area contributed by atoms with Crippen LogP contribution in [0.4, 0.5) is 11.4 Å². The molecule has 9 fully saturated rings. The van der Waals surface area contributed by atoms with Gasteiger partial charge >= 0.3 is 0 Å². The molecule has 2 aromatic carbocycles. The summed E-state index contributed by atoms with van der Waals surface area (Å²) in [7, 11) is 0. The molecule has 2 amide bonds. The molecular formula is C98H179N11O5S. The average Bonchev–Trinajstić information content (AvgIpc) is 1.81. The van der Waals surface area contributed by atoms with Crippen LogP contribution in [0.3, 0.4) is 0 Å². The van der Waals surface area contributed by atoms with E-state index >= 15 is 0 Å². The van der Waals surface area contributed by atoms with Crippen LogP contribution in [0.1, 0.15) is 285 Å². The quantitative estimate of drug-likeness (QED) is 0.0833. The largest absolute Gasteiger partial charge is 0.382 e. The minimum atomic E-state index is 0.216. The zero-order valence-electron chi connectivity index (χ0n) is 78.1. The number of fused-ring (bicyclic) bond motifs is 3. The van der Waals surface area contributed by atoms with Crippen molar-refractivity contribution in [1.82, 2.24) is 47.1 Å². The summed E-state index contributed by atoms with van der Waals surface area (Å²) in [5.74, 6) is 12.0. The van der Waals surface area contributed by atoms with Crippen molar-refractivity contribution < 1.29 is 23.8 Å². The van der Waals surface area contributed by atoms with Crippen molar-refractivity contribution in [1.29, 1.82) is 0 Å². The number of benzene rings is 2. The van der Waals surface area contributed by atoms with Crippen LogP contribution in [0.5, 0.6) is 0 Å². The number of aryl methyl sites for hydroxylation is 2. The molecule has 11 aliphatic heterocycles. The molecule has 1 aromatic heterocycles. The highest BCUT2D eigenvalue weighted by molar-refractivity contribution is 7.99. The smallest absolute Gasteiger partial charge is 0.223 e. The topological polar surface area (TPSA) is 186 Å². The summed E-state index contributed by atoms with van der Waals surface area (Å²) < 4.78 is 15.8. The molecule has 15 rings (SSSR count). The number of thioether (sulfide) groups is 1. The number of hydrogen-bond acceptors (Lipinski definition) is 15. The molecule has 662 valence electrons. The number of carbonyl (C=O) groups excluding carboxylic acids is 2. The van der Waals surface area contributed by atoms with E-state index in [0.717, 1.165) is 149 Å². The third-order valence-electron chi connectivity index (χ3n) is 25.1. The number of morpholine rings is 1. The standard InChI is InChI=1S/2C12H17N.C11H15N.C8H15NO.C8H17N.C7H15NO.C7H13NO.2C7H15N.C7H14O.C6H13NO.C6H13NS/c1-9(2)10-5-6-12-11(8-10)4-3-7-13-12;1-9(2)11-8-7-10-5-3-4-6-12(10)13-11;1-8(2)11-7-9-5-3-4-6-10(9)12-11;1-6(2)7-4-3-5-9-8(7)10;1-7(2)8-5-3-4-6-9-8;1-6(2)7-5-9-4-3-8-7;1-5(2)6-3-4-7(9)8-6;1-7(2)8-5-3-4-6-8;2*1-6(2)7-4-3-5-8-7;2*1-5(2)6-3-8-4-7-6/h3-4,7,9-10H,5-6,8H2,1-2H3;3-6,9,11,13H,7-8H2,1-2H3;3-6,8,11-12H,7H2,1-2H3;6-7H,3-5H2,1-2H3,(H,9,10);7-9H,3-6H2,1-2H3;6-8H,3-5H2,1-2H3;5-6H,3-4H2,1-2H3,(H,8,9);7H,3-6H2,1-2H3;6-8H,3-5H2,1-2H3;6-7H,3-5H2,1-2H3;2*5-7H,3-4H2,1-2H3. The average molecular weight is 1620 g/mol. The molecule has 0 bridgehead atoms. The fourth-order valence-electron chi connectivity index (χ4n) is 16.2. The molecule has 17 heteroatoms. The monoisotopic (exact) mass is 1620 g/mol. The maximum Gasteiger partial charge on any atom is 0.223 e. The van der Waals surface area contributed by atoms with E-state index in [9.17, 15) is 9.59 Å². The number of aromatic nitrogens is 1. The lowest BCUT2D eigenvalue weighted by molar-refractivity contribution is -0.128. The molecule has 1 aliphatic carbocycles. The van der Waals surface area contributed by atoms with Crippen molar-refractivity contribution in [3.05, 3.63) is 89.2 Å². The maximum absolute atomic E-state index is 11.1. The van der Waals surface area contributed by atoms with Crippen LogP contribution in [-0.2, 0) is 49.5 Å². The van der Waals surface area contributed by atoms with Gasteiger partial charge in [0, 0.05) is 121 Å². The Morgan fingerprint density at radius 1 is 0.409 bits per heavy atom. The number of para-hydroxylation sites is 2. The van der Waals surface area contributed by atoms with Crippen LogP contribution in [0.25, 0.3) is 0 Å². The zero-order chi connectivity index (χ0) is 84.8. The second kappa shape index (κ2) is 59.0. The molecule has 3 aromatic rings. The lowest BCUT2D eigenvalue weighted by Crippen LogP contribution is -2.44. The normalized spacial score (nSPS) is 25.8. The van der Waals surface area contributed by atoms with Crippen molar-refractivity contribution in [2.75, 3.05) is 94.7 Å². The number of ether oxygens (including phenoxy) is 3. The van der Waals surface area contributed by atoms with E-state index < -0.39 is 0 Å². The Kier molecular flexibility index (Phi) is 53.1. The molecular weight excluding hydrogens is 1440 g/mol. The van der Waals surface area contributed by atoms with E-state index in [1.807, 2.05) is 18.0 Å². The number of rotatable bonds is 12. The first-order valence-corrected chi connectivity index (χ1v) is 48.0. The summed E-state index contributed by atoms with van der Waals surface area (Å²) in [4.78, 5) is 28.7. The highest BCUT2D eigenvalue weighted by atomic mass is 32.2. The van der Waals surface area contributed by atoms with Gasteiger partial charge in [0.25, 0.3) is 0 Å². The van der Waals surface area contributed by atoms with Crippen LogP contribution in [0.2, 0.25) is 0 Å². The van der Waals surface area contributed by atoms with Crippen molar-refractivity contribution >= 4 is 35.0 Å². The molecule has 9 N–H and O–H groups in total. The van der Waals surface area contributed by atoms with Crippen LogP contribution < -0.4 is 47.9 Å². The summed E-state index contributed by atoms with van der Waals surface area (Å²) in [6, 6.07) is 27.6. The first-order valence-electron chi connectivity index (χ1n) is 46.8. The van der Waals surface area contributed by atoms with Crippen molar-refractivity contribution in [2.45, 2.75) is 349 Å². The number of amides is 2. The van der Waals surface area contributed by atoms with Crippen LogP contribution in [0.15, 0.2) is 66.9 Å². The molecule has 12 aliphatic rings. The van der Waals surface area contributed by atoms with Gasteiger partial charge < -0.3 is 61.6 Å². The van der Waals surface area contributed by atoms with Gasteiger partial charge in [0.1, 0.15) is 0 Å². The molecule has 11 unspecified atom stereocenters. The minimum Gasteiger partial charge on any atom is -0.382 e. The molecule has 0 radical (unpaired) electrons. The maximum atomic E-state index is 11.1. The number of carbonyl (C=O) groups is 2. The van der Waals surface area contributed by atoms with Gasteiger partial charge in [-0.05, 0) is 255 Å². The number of nitrogens with zero attached hydrogens (tertiary/aromatic N) is 2. The summed E-state index contributed by atoms with van der Waals surface area (Å²) in [5.41, 5.74) is 8.42. The first-order chi connectivity index (χ1) is 54.9. The summed E-state index contributed by atoms with van der Waals surface area (Å²) in [6.07, 6.45) is 26.2. The van der Waals surface area contributed by atoms with Gasteiger partial charge in [-0.15, -0.1) is 11.8 Å². The predicted molar refractivity (Wildman–Crippen MR) is 496 cm³/mol. The Hall–Kier alpha value is -3.88. The van der Waals surface area contributed by atoms with Crippen LogP contribution in [-0.4, -0.2) is 166 Å². The van der Waals surface area contributed by atoms with Gasteiger partial charge in [0.2, 0.25) is 11.8 Å². The van der Waals surface area contributed by atoms with Gasteiger partial charge in [0.05, 0.1) is 32.7 Å². The van der Waals surface area contributed by atoms with Gasteiger partial charge in [-0.2, -0.15) is 0 Å². The fourth-order valence-corrected chi connectivity index (χ4v) is 17.4. The number of nitrogens with one attached hydrogen (secondary N) is 9. The molecule has 115 heavy (non-hydrogen) atoms. The third-order valence-corrected chi connectivity index (χ3v) is 26.1. The number of pyridine rings is 1. The number of piperidine rings is 2.